The Morgan fingerprint density at radius 2 is 2.32 bits per heavy atom. The van der Waals surface area contributed by atoms with Crippen molar-refractivity contribution < 1.29 is 0 Å². The van der Waals surface area contributed by atoms with Crippen molar-refractivity contribution in [3.8, 4) is 5.13 Å². The fourth-order valence-corrected chi connectivity index (χ4v) is 3.74. The molecule has 1 atom stereocenters. The Labute approximate surface area is 117 Å². The number of hydrogen-bond donors (Lipinski definition) is 1. The summed E-state index contributed by atoms with van der Waals surface area (Å²) in [5.74, 6) is 0.618. The van der Waals surface area contributed by atoms with Crippen LogP contribution in [0.15, 0.2) is 12.3 Å². The Morgan fingerprint density at radius 3 is 3.11 bits per heavy atom. The highest BCUT2D eigenvalue weighted by atomic mass is 32.1. The van der Waals surface area contributed by atoms with Gasteiger partial charge in [0.25, 0.3) is 0 Å². The first-order valence-electron chi connectivity index (χ1n) is 6.93. The predicted molar refractivity (Wildman–Crippen MR) is 77.6 cm³/mol. The van der Waals surface area contributed by atoms with Crippen molar-refractivity contribution in [2.75, 3.05) is 0 Å². The van der Waals surface area contributed by atoms with E-state index in [1.165, 1.54) is 11.3 Å². The van der Waals surface area contributed by atoms with Crippen molar-refractivity contribution in [3.05, 3.63) is 28.5 Å². The van der Waals surface area contributed by atoms with E-state index in [0.29, 0.717) is 5.92 Å². The van der Waals surface area contributed by atoms with Crippen molar-refractivity contribution in [3.63, 3.8) is 0 Å². The molecular formula is C14H20N4S. The fourth-order valence-electron chi connectivity index (χ4n) is 2.68. The maximum atomic E-state index is 6.16. The third-order valence-electron chi connectivity index (χ3n) is 3.60. The number of nitrogens with two attached hydrogens (primary N) is 1. The molecule has 0 radical (unpaired) electrons. The van der Waals surface area contributed by atoms with E-state index >= 15 is 0 Å². The molecule has 3 rings (SSSR count). The number of hydrogen-bond acceptors (Lipinski definition) is 4. The van der Waals surface area contributed by atoms with Gasteiger partial charge in [-0.1, -0.05) is 25.2 Å². The first kappa shape index (κ1) is 12.8. The maximum absolute atomic E-state index is 6.16. The average Bonchev–Trinajstić information content (AvgIpc) is 2.95. The summed E-state index contributed by atoms with van der Waals surface area (Å²) >= 11 is 1.69. The molecule has 0 fully saturated rings. The Balaban J connectivity index is 1.92. The van der Waals surface area contributed by atoms with E-state index in [1.807, 2.05) is 0 Å². The highest BCUT2D eigenvalue weighted by molar-refractivity contribution is 7.13. The van der Waals surface area contributed by atoms with Gasteiger partial charge in [-0.3, -0.25) is 4.57 Å². The standard InChI is InChI=1S/C14H20N4S/c1-9(2)8-13-16-17-14(19-13)18-7-6-10-11(15)4-3-5-12(10)18/h6-7,9,11H,3-5,8,15H2,1-2H3. The zero-order valence-corrected chi connectivity index (χ0v) is 12.3. The minimum absolute atomic E-state index is 0.188. The number of aromatic nitrogens is 3. The normalized spacial score (nSPS) is 18.8. The van der Waals surface area contributed by atoms with E-state index in [-0.39, 0.29) is 6.04 Å². The SMILES string of the molecule is CC(C)Cc1nnc(-n2ccc3c2CCCC3N)s1. The Morgan fingerprint density at radius 1 is 1.47 bits per heavy atom. The summed E-state index contributed by atoms with van der Waals surface area (Å²) in [7, 11) is 0. The van der Waals surface area contributed by atoms with Crippen molar-refractivity contribution in [1.82, 2.24) is 14.8 Å². The molecule has 0 bridgehead atoms. The van der Waals surface area contributed by atoms with E-state index in [0.717, 1.165) is 35.8 Å². The second kappa shape index (κ2) is 5.06. The average molecular weight is 276 g/mol. The second-order valence-corrected chi connectivity index (χ2v) is 6.70. The van der Waals surface area contributed by atoms with E-state index in [9.17, 15) is 0 Å². The Bertz CT molecular complexity index is 570. The van der Waals surface area contributed by atoms with Crippen LogP contribution >= 0.6 is 11.3 Å². The molecule has 2 N–H and O–H groups in total. The van der Waals surface area contributed by atoms with Crippen LogP contribution in [-0.4, -0.2) is 14.8 Å². The lowest BCUT2D eigenvalue weighted by Gasteiger charge is -2.19. The molecule has 4 nitrogen and oxygen atoms in total. The summed E-state index contributed by atoms with van der Waals surface area (Å²) in [4.78, 5) is 0. The molecule has 19 heavy (non-hydrogen) atoms. The van der Waals surface area contributed by atoms with Gasteiger partial charge in [0.15, 0.2) is 0 Å². The third kappa shape index (κ3) is 2.44. The molecule has 2 heterocycles. The van der Waals surface area contributed by atoms with E-state index in [2.05, 4.69) is 40.9 Å². The fraction of sp³-hybridized carbons (Fsp3) is 0.571. The van der Waals surface area contributed by atoms with Crippen LogP contribution in [0.4, 0.5) is 0 Å². The lowest BCUT2D eigenvalue weighted by atomic mass is 9.94. The minimum Gasteiger partial charge on any atom is -0.324 e. The quantitative estimate of drug-likeness (QED) is 0.938. The predicted octanol–water partition coefficient (Wildman–Crippen LogP) is 2.86. The highest BCUT2D eigenvalue weighted by Gasteiger charge is 2.22. The van der Waals surface area contributed by atoms with Gasteiger partial charge >= 0.3 is 0 Å². The van der Waals surface area contributed by atoms with Crippen LogP contribution in [0.25, 0.3) is 5.13 Å². The monoisotopic (exact) mass is 276 g/mol. The van der Waals surface area contributed by atoms with Gasteiger partial charge in [-0.25, -0.2) is 0 Å². The number of rotatable bonds is 3. The van der Waals surface area contributed by atoms with Gasteiger partial charge in [-0.2, -0.15) is 0 Å². The van der Waals surface area contributed by atoms with Crippen molar-refractivity contribution in [2.45, 2.75) is 45.6 Å². The minimum atomic E-state index is 0.188. The van der Waals surface area contributed by atoms with Crippen molar-refractivity contribution >= 4 is 11.3 Å². The van der Waals surface area contributed by atoms with Crippen molar-refractivity contribution in [2.24, 2.45) is 11.7 Å². The van der Waals surface area contributed by atoms with Gasteiger partial charge in [0, 0.05) is 24.4 Å². The maximum Gasteiger partial charge on any atom is 0.216 e. The zero-order valence-electron chi connectivity index (χ0n) is 11.5. The summed E-state index contributed by atoms with van der Waals surface area (Å²) in [6.45, 7) is 4.41. The molecule has 0 saturated heterocycles. The third-order valence-corrected chi connectivity index (χ3v) is 4.55. The molecule has 102 valence electrons. The largest absolute Gasteiger partial charge is 0.324 e. The van der Waals surface area contributed by atoms with Crippen LogP contribution in [0.5, 0.6) is 0 Å². The van der Waals surface area contributed by atoms with Crippen molar-refractivity contribution in [1.29, 1.82) is 0 Å². The second-order valence-electron chi connectivity index (χ2n) is 5.66. The number of nitrogens with zero attached hydrogens (tertiary/aromatic N) is 3. The summed E-state index contributed by atoms with van der Waals surface area (Å²) in [5, 5.41) is 10.7. The molecule has 0 aliphatic heterocycles. The molecule has 2 aromatic rings. The lowest BCUT2D eigenvalue weighted by Crippen LogP contribution is -2.17. The molecule has 0 amide bonds. The van der Waals surface area contributed by atoms with E-state index < -0.39 is 0 Å². The summed E-state index contributed by atoms with van der Waals surface area (Å²) in [5.41, 5.74) is 8.77. The van der Waals surface area contributed by atoms with Gasteiger partial charge in [0.2, 0.25) is 5.13 Å². The molecule has 0 saturated carbocycles. The molecule has 5 heteroatoms. The van der Waals surface area contributed by atoms with Crippen LogP contribution in [0.2, 0.25) is 0 Å². The van der Waals surface area contributed by atoms with E-state index in [1.54, 1.807) is 11.3 Å². The molecule has 2 aromatic heterocycles. The molecule has 0 aromatic carbocycles. The highest BCUT2D eigenvalue weighted by Crippen LogP contribution is 2.31. The molecule has 1 unspecified atom stereocenters. The van der Waals surface area contributed by atoms with Gasteiger partial charge in [0.1, 0.15) is 5.01 Å². The number of fused-ring (bicyclic) bond motifs is 1. The van der Waals surface area contributed by atoms with Gasteiger partial charge in [-0.05, 0) is 36.8 Å². The summed E-state index contributed by atoms with van der Waals surface area (Å²) in [6, 6.07) is 2.33. The van der Waals surface area contributed by atoms with Crippen LogP contribution < -0.4 is 5.73 Å². The Kier molecular flexibility index (Phi) is 3.41. The van der Waals surface area contributed by atoms with Crippen LogP contribution in [0, 0.1) is 5.92 Å². The van der Waals surface area contributed by atoms with Crippen LogP contribution in [-0.2, 0) is 12.8 Å². The van der Waals surface area contributed by atoms with Gasteiger partial charge < -0.3 is 5.73 Å². The summed E-state index contributed by atoms with van der Waals surface area (Å²) < 4.78 is 2.18. The molecular weight excluding hydrogens is 256 g/mol. The summed E-state index contributed by atoms with van der Waals surface area (Å²) in [6.07, 6.45) is 6.44. The Hall–Kier alpha value is -1.20. The first-order valence-corrected chi connectivity index (χ1v) is 7.75. The van der Waals surface area contributed by atoms with Gasteiger partial charge in [-0.15, -0.1) is 10.2 Å². The molecule has 1 aliphatic rings. The van der Waals surface area contributed by atoms with Crippen LogP contribution in [0.3, 0.4) is 0 Å². The molecule has 0 spiro atoms. The van der Waals surface area contributed by atoms with Gasteiger partial charge in [0.05, 0.1) is 0 Å². The molecule has 1 aliphatic carbocycles. The van der Waals surface area contributed by atoms with Crippen LogP contribution in [0.1, 0.15) is 49.0 Å². The first-order chi connectivity index (χ1) is 9.15. The zero-order chi connectivity index (χ0) is 13.4. The lowest BCUT2D eigenvalue weighted by molar-refractivity contribution is 0.560. The topological polar surface area (TPSA) is 56.7 Å². The smallest absolute Gasteiger partial charge is 0.216 e. The van der Waals surface area contributed by atoms with E-state index in [4.69, 9.17) is 5.73 Å².